The van der Waals surface area contributed by atoms with Gasteiger partial charge in [-0.3, -0.25) is 9.69 Å². The van der Waals surface area contributed by atoms with E-state index in [1.165, 1.54) is 18.4 Å². The third-order valence-corrected chi connectivity index (χ3v) is 7.41. The molecule has 1 saturated carbocycles. The molecule has 172 valence electrons. The predicted octanol–water partition coefficient (Wildman–Crippen LogP) is 6.30. The maximum absolute atomic E-state index is 15.0. The van der Waals surface area contributed by atoms with Gasteiger partial charge in [-0.1, -0.05) is 43.6 Å². The van der Waals surface area contributed by atoms with E-state index in [0.29, 0.717) is 24.1 Å². The molecule has 0 N–H and O–H groups in total. The van der Waals surface area contributed by atoms with Crippen LogP contribution in [-0.2, 0) is 11.2 Å². The molecule has 0 amide bonds. The highest BCUT2D eigenvalue weighted by molar-refractivity contribution is 6.30. The first-order chi connectivity index (χ1) is 15.5. The summed E-state index contributed by atoms with van der Waals surface area (Å²) in [6.45, 7) is 7.52. The van der Waals surface area contributed by atoms with Gasteiger partial charge in [-0.25, -0.2) is 4.39 Å². The minimum Gasteiger partial charge on any atom is -0.367 e. The molecule has 0 bridgehead atoms. The summed E-state index contributed by atoms with van der Waals surface area (Å²) in [4.78, 5) is 17.1. The van der Waals surface area contributed by atoms with Gasteiger partial charge in [0.15, 0.2) is 0 Å². The molecule has 1 heterocycles. The van der Waals surface area contributed by atoms with Crippen LogP contribution in [0, 0.1) is 17.7 Å². The number of carbonyl (C=O) groups excluding carboxylic acids is 1. The molecule has 1 unspecified atom stereocenters. The fourth-order valence-electron chi connectivity index (χ4n) is 5.10. The summed E-state index contributed by atoms with van der Waals surface area (Å²) in [6.07, 6.45) is 4.57. The van der Waals surface area contributed by atoms with Gasteiger partial charge in [-0.05, 0) is 67.0 Å². The van der Waals surface area contributed by atoms with Crippen molar-refractivity contribution in [1.29, 1.82) is 0 Å². The van der Waals surface area contributed by atoms with Crippen molar-refractivity contribution in [2.45, 2.75) is 52.0 Å². The summed E-state index contributed by atoms with van der Waals surface area (Å²) in [7, 11) is 0. The lowest BCUT2D eigenvalue weighted by molar-refractivity contribution is -0.122. The van der Waals surface area contributed by atoms with E-state index in [2.05, 4.69) is 21.9 Å². The van der Waals surface area contributed by atoms with Crippen LogP contribution < -0.4 is 4.90 Å². The van der Waals surface area contributed by atoms with Crippen molar-refractivity contribution in [2.24, 2.45) is 11.8 Å². The number of hydrogen-bond donors (Lipinski definition) is 0. The number of carbonyl (C=O) groups is 1. The number of Topliss-reactive ketones (excluding diaryl/α,β-unsaturated/α-hetero) is 1. The number of benzene rings is 2. The van der Waals surface area contributed by atoms with E-state index in [-0.39, 0.29) is 17.5 Å². The van der Waals surface area contributed by atoms with Crippen LogP contribution in [0.1, 0.15) is 56.7 Å². The first kappa shape index (κ1) is 23.3. The normalized spacial score (nSPS) is 18.2. The molecular formula is C27H34ClFN2O. The maximum Gasteiger partial charge on any atom is 0.146 e. The lowest BCUT2D eigenvalue weighted by Gasteiger charge is -2.40. The van der Waals surface area contributed by atoms with Crippen molar-refractivity contribution in [1.82, 2.24) is 4.90 Å². The summed E-state index contributed by atoms with van der Waals surface area (Å²) in [5.41, 5.74) is 2.76. The second-order valence-corrected chi connectivity index (χ2v) is 9.74. The van der Waals surface area contributed by atoms with Gasteiger partial charge >= 0.3 is 0 Å². The van der Waals surface area contributed by atoms with Crippen molar-refractivity contribution < 1.29 is 9.18 Å². The summed E-state index contributed by atoms with van der Waals surface area (Å²) >= 11 is 6.09. The zero-order chi connectivity index (χ0) is 22.7. The molecule has 0 spiro atoms. The van der Waals surface area contributed by atoms with Crippen molar-refractivity contribution >= 4 is 23.1 Å². The lowest BCUT2D eigenvalue weighted by Crippen LogP contribution is -2.48. The number of anilines is 1. The molecule has 5 heteroatoms. The summed E-state index contributed by atoms with van der Waals surface area (Å²) in [5.74, 6) is 0.783. The largest absolute Gasteiger partial charge is 0.367 e. The number of halogens is 2. The van der Waals surface area contributed by atoms with Crippen molar-refractivity contribution in [3.63, 3.8) is 0 Å². The quantitative estimate of drug-likeness (QED) is 0.442. The highest BCUT2D eigenvalue weighted by Crippen LogP contribution is 2.45. The molecule has 0 radical (unpaired) electrons. The molecule has 32 heavy (non-hydrogen) atoms. The molecule has 1 aliphatic heterocycles. The van der Waals surface area contributed by atoms with Gasteiger partial charge in [0.1, 0.15) is 11.6 Å². The molecule has 4 rings (SSSR count). The van der Waals surface area contributed by atoms with Crippen LogP contribution in [0.25, 0.3) is 0 Å². The van der Waals surface area contributed by atoms with Gasteiger partial charge in [0.05, 0.1) is 5.69 Å². The topological polar surface area (TPSA) is 23.6 Å². The molecule has 1 atom stereocenters. The molecule has 0 aromatic heterocycles. The first-order valence-electron chi connectivity index (χ1n) is 12.1. The third-order valence-electron chi connectivity index (χ3n) is 7.16. The second-order valence-electron chi connectivity index (χ2n) is 9.30. The molecule has 1 aliphatic carbocycles. The minimum atomic E-state index is -0.218. The van der Waals surface area contributed by atoms with Crippen LogP contribution in [0.3, 0.4) is 0 Å². The van der Waals surface area contributed by atoms with Crippen molar-refractivity contribution in [2.75, 3.05) is 31.1 Å². The third kappa shape index (κ3) is 5.35. The number of hydrogen-bond acceptors (Lipinski definition) is 3. The van der Waals surface area contributed by atoms with Crippen LogP contribution in [0.5, 0.6) is 0 Å². The van der Waals surface area contributed by atoms with Gasteiger partial charge in [-0.2, -0.15) is 0 Å². The predicted molar refractivity (Wildman–Crippen MR) is 130 cm³/mol. The van der Waals surface area contributed by atoms with Gasteiger partial charge in [-0.15, -0.1) is 0 Å². The van der Waals surface area contributed by atoms with Gasteiger partial charge in [0, 0.05) is 49.6 Å². The summed E-state index contributed by atoms with van der Waals surface area (Å²) < 4.78 is 15.0. The molecular weight excluding hydrogens is 423 g/mol. The second kappa shape index (κ2) is 10.4. The zero-order valence-electron chi connectivity index (χ0n) is 19.2. The standard InChI is InChI=1S/C27H34ClFN2O/c1-3-20(4-2)26(32)18-19-5-12-25(24(29)17-19)30-13-15-31(16-14-30)27(21-6-7-21)22-8-10-23(28)11-9-22/h5,8-12,17,20-21,27H,3-4,6-7,13-16,18H2,1-2H3. The van der Waals surface area contributed by atoms with E-state index in [1.807, 2.05) is 38.1 Å². The highest BCUT2D eigenvalue weighted by Gasteiger charge is 2.37. The van der Waals surface area contributed by atoms with Gasteiger partial charge in [0.25, 0.3) is 0 Å². The Balaban J connectivity index is 1.39. The number of piperazine rings is 1. The minimum absolute atomic E-state index is 0.0749. The highest BCUT2D eigenvalue weighted by atomic mass is 35.5. The fraction of sp³-hybridized carbons (Fsp3) is 0.519. The molecule has 2 aliphatic rings. The van der Waals surface area contributed by atoms with Crippen molar-refractivity contribution in [3.05, 3.63) is 64.4 Å². The SMILES string of the molecule is CCC(CC)C(=O)Cc1ccc(N2CCN(C(c3ccc(Cl)cc3)C3CC3)CC2)c(F)c1. The Hall–Kier alpha value is -1.91. The van der Waals surface area contributed by atoms with Crippen LogP contribution >= 0.6 is 11.6 Å². The Labute approximate surface area is 196 Å². The summed E-state index contributed by atoms with van der Waals surface area (Å²) in [6, 6.07) is 14.0. The van der Waals surface area contributed by atoms with Crippen LogP contribution in [0.15, 0.2) is 42.5 Å². The smallest absolute Gasteiger partial charge is 0.146 e. The van der Waals surface area contributed by atoms with Crippen LogP contribution in [0.4, 0.5) is 10.1 Å². The first-order valence-corrected chi connectivity index (χ1v) is 12.4. The Kier molecular flexibility index (Phi) is 7.52. The van der Waals surface area contributed by atoms with E-state index < -0.39 is 0 Å². The number of rotatable bonds is 9. The molecule has 1 saturated heterocycles. The Morgan fingerprint density at radius 1 is 1.03 bits per heavy atom. The number of nitrogens with zero attached hydrogens (tertiary/aromatic N) is 2. The Morgan fingerprint density at radius 2 is 1.69 bits per heavy atom. The molecule has 3 nitrogen and oxygen atoms in total. The summed E-state index contributed by atoms with van der Waals surface area (Å²) in [5, 5.41) is 0.772. The van der Waals surface area contributed by atoms with Crippen molar-refractivity contribution in [3.8, 4) is 0 Å². The maximum atomic E-state index is 15.0. The van der Waals surface area contributed by atoms with E-state index in [0.717, 1.165) is 49.6 Å². The van der Waals surface area contributed by atoms with Gasteiger partial charge in [0.2, 0.25) is 0 Å². The molecule has 2 aromatic rings. The van der Waals surface area contributed by atoms with Crippen LogP contribution in [0.2, 0.25) is 5.02 Å². The fourth-order valence-corrected chi connectivity index (χ4v) is 5.23. The average molecular weight is 457 g/mol. The van der Waals surface area contributed by atoms with E-state index in [1.54, 1.807) is 6.07 Å². The average Bonchev–Trinajstić information content (AvgIpc) is 3.62. The van der Waals surface area contributed by atoms with Gasteiger partial charge < -0.3 is 4.90 Å². The van der Waals surface area contributed by atoms with E-state index in [4.69, 9.17) is 11.6 Å². The lowest BCUT2D eigenvalue weighted by atomic mass is 9.93. The monoisotopic (exact) mass is 456 g/mol. The zero-order valence-corrected chi connectivity index (χ0v) is 20.0. The number of ketones is 1. The molecule has 2 aromatic carbocycles. The molecule has 2 fully saturated rings. The van der Waals surface area contributed by atoms with Crippen LogP contribution in [-0.4, -0.2) is 36.9 Å². The van der Waals surface area contributed by atoms with E-state index in [9.17, 15) is 9.18 Å². The Morgan fingerprint density at radius 3 is 2.25 bits per heavy atom. The van der Waals surface area contributed by atoms with E-state index >= 15 is 0 Å². The Bertz CT molecular complexity index is 916.